The van der Waals surface area contributed by atoms with Crippen molar-refractivity contribution in [2.24, 2.45) is 0 Å². The third-order valence-electron chi connectivity index (χ3n) is 3.32. The number of carbonyl (C=O) groups excluding carboxylic acids is 1. The predicted molar refractivity (Wildman–Crippen MR) is 51.7 cm³/mol. The zero-order valence-corrected chi connectivity index (χ0v) is 9.25. The van der Waals surface area contributed by atoms with Gasteiger partial charge in [-0.05, 0) is 13.8 Å². The molecule has 0 aromatic rings. The molecule has 16 heavy (non-hydrogen) atoms. The molecule has 1 N–H and O–H groups in total. The highest BCUT2D eigenvalue weighted by molar-refractivity contribution is 5.70. The van der Waals surface area contributed by atoms with Crippen LogP contribution in [0.15, 0.2) is 0 Å². The summed E-state index contributed by atoms with van der Waals surface area (Å²) in [7, 11) is 0. The van der Waals surface area contributed by atoms with Crippen LogP contribution in [0.25, 0.3) is 0 Å². The maximum Gasteiger partial charge on any atom is 0.410 e. The monoisotopic (exact) mass is 229 g/mol. The van der Waals surface area contributed by atoms with Gasteiger partial charge in [0.15, 0.2) is 5.79 Å². The second-order valence-corrected chi connectivity index (χ2v) is 4.93. The molecule has 0 bridgehead atoms. The molecule has 0 radical (unpaired) electrons. The molecule has 90 valence electrons. The van der Waals surface area contributed by atoms with E-state index in [0.29, 0.717) is 6.61 Å². The molecule has 0 aromatic carbocycles. The maximum atomic E-state index is 11.4. The lowest BCUT2D eigenvalue weighted by Crippen LogP contribution is -2.59. The lowest BCUT2D eigenvalue weighted by molar-refractivity contribution is -0.153. The number of nitrogens with zero attached hydrogens (tertiary/aromatic N) is 1. The normalized spacial score (nSPS) is 45.2. The Kier molecular flexibility index (Phi) is 1.99. The van der Waals surface area contributed by atoms with E-state index in [1.165, 1.54) is 4.90 Å². The number of hydrogen-bond donors (Lipinski definition) is 1. The Morgan fingerprint density at radius 3 is 2.81 bits per heavy atom. The zero-order valence-electron chi connectivity index (χ0n) is 9.25. The summed E-state index contributed by atoms with van der Waals surface area (Å²) in [5, 5.41) is 9.92. The first-order valence-electron chi connectivity index (χ1n) is 5.45. The Morgan fingerprint density at radius 1 is 1.38 bits per heavy atom. The highest BCUT2D eigenvalue weighted by atomic mass is 16.8. The Labute approximate surface area is 93.1 Å². The van der Waals surface area contributed by atoms with Crippen molar-refractivity contribution in [2.75, 3.05) is 13.2 Å². The number of ether oxygens (including phenoxy) is 3. The van der Waals surface area contributed by atoms with E-state index in [1.807, 2.05) is 0 Å². The molecule has 3 fully saturated rings. The molecule has 6 nitrogen and oxygen atoms in total. The molecule has 3 heterocycles. The molecule has 0 unspecified atom stereocenters. The molecular formula is C10H15NO5. The lowest BCUT2D eigenvalue weighted by atomic mass is 9.95. The van der Waals surface area contributed by atoms with Crippen molar-refractivity contribution < 1.29 is 24.1 Å². The molecule has 3 aliphatic rings. The number of amides is 1. The van der Waals surface area contributed by atoms with Gasteiger partial charge < -0.3 is 19.3 Å². The van der Waals surface area contributed by atoms with Crippen LogP contribution in [0.2, 0.25) is 0 Å². The van der Waals surface area contributed by atoms with Crippen LogP contribution in [0.4, 0.5) is 4.79 Å². The van der Waals surface area contributed by atoms with Gasteiger partial charge >= 0.3 is 6.09 Å². The third-order valence-corrected chi connectivity index (χ3v) is 3.32. The first-order chi connectivity index (χ1) is 7.48. The fourth-order valence-electron chi connectivity index (χ4n) is 2.66. The Bertz CT molecular complexity index is 331. The topological polar surface area (TPSA) is 68.2 Å². The van der Waals surface area contributed by atoms with E-state index < -0.39 is 11.9 Å². The van der Waals surface area contributed by atoms with Crippen molar-refractivity contribution in [3.05, 3.63) is 0 Å². The first-order valence-corrected chi connectivity index (χ1v) is 5.45. The Morgan fingerprint density at radius 2 is 2.06 bits per heavy atom. The summed E-state index contributed by atoms with van der Waals surface area (Å²) in [6.45, 7) is 4.18. The zero-order chi connectivity index (χ0) is 11.5. The van der Waals surface area contributed by atoms with Crippen molar-refractivity contribution >= 4 is 6.09 Å². The summed E-state index contributed by atoms with van der Waals surface area (Å²) >= 11 is 0. The van der Waals surface area contributed by atoms with Crippen LogP contribution in [0.1, 0.15) is 13.8 Å². The van der Waals surface area contributed by atoms with Crippen LogP contribution >= 0.6 is 0 Å². The number of cyclic esters (lactones) is 1. The van der Waals surface area contributed by atoms with E-state index in [9.17, 15) is 9.90 Å². The van der Waals surface area contributed by atoms with Crippen molar-refractivity contribution in [1.29, 1.82) is 0 Å². The van der Waals surface area contributed by atoms with Gasteiger partial charge in [0.25, 0.3) is 0 Å². The van der Waals surface area contributed by atoms with Gasteiger partial charge in [0.05, 0.1) is 12.6 Å². The minimum absolute atomic E-state index is 0.136. The number of aliphatic hydroxyl groups is 1. The SMILES string of the molecule is CC1(C)O[C@@H]2[C@H](O1)[C@H]1COC(=O)N1C[C@H]2O. The molecule has 1 amide bonds. The van der Waals surface area contributed by atoms with Gasteiger partial charge in [0.1, 0.15) is 24.9 Å². The van der Waals surface area contributed by atoms with Crippen LogP contribution in [0, 0.1) is 0 Å². The van der Waals surface area contributed by atoms with Gasteiger partial charge in [-0.3, -0.25) is 4.90 Å². The minimum atomic E-state index is -0.714. The molecule has 3 saturated heterocycles. The Hall–Kier alpha value is -0.850. The number of rotatable bonds is 0. The smallest absolute Gasteiger partial charge is 0.410 e. The van der Waals surface area contributed by atoms with Crippen molar-refractivity contribution in [3.8, 4) is 0 Å². The van der Waals surface area contributed by atoms with Gasteiger partial charge in [0, 0.05) is 0 Å². The molecule has 0 saturated carbocycles. The van der Waals surface area contributed by atoms with E-state index in [1.54, 1.807) is 13.8 Å². The fourth-order valence-corrected chi connectivity index (χ4v) is 2.66. The average molecular weight is 229 g/mol. The number of carbonyl (C=O) groups is 1. The highest BCUT2D eigenvalue weighted by Gasteiger charge is 2.56. The van der Waals surface area contributed by atoms with Gasteiger partial charge in [-0.15, -0.1) is 0 Å². The number of hydrogen-bond acceptors (Lipinski definition) is 5. The predicted octanol–water partition coefficient (Wildman–Crippen LogP) is -0.298. The van der Waals surface area contributed by atoms with Gasteiger partial charge in [-0.2, -0.15) is 0 Å². The van der Waals surface area contributed by atoms with E-state index >= 15 is 0 Å². The molecule has 4 atom stereocenters. The van der Waals surface area contributed by atoms with E-state index in [4.69, 9.17) is 14.2 Å². The quantitative estimate of drug-likeness (QED) is 0.617. The summed E-state index contributed by atoms with van der Waals surface area (Å²) in [5.41, 5.74) is 0. The summed E-state index contributed by atoms with van der Waals surface area (Å²) in [6.07, 6.45) is -1.76. The van der Waals surface area contributed by atoms with E-state index in [2.05, 4.69) is 0 Å². The first kappa shape index (κ1) is 10.3. The van der Waals surface area contributed by atoms with E-state index in [0.717, 1.165) is 0 Å². The van der Waals surface area contributed by atoms with Crippen LogP contribution < -0.4 is 0 Å². The fraction of sp³-hybridized carbons (Fsp3) is 0.900. The largest absolute Gasteiger partial charge is 0.447 e. The van der Waals surface area contributed by atoms with Gasteiger partial charge in [-0.1, -0.05) is 0 Å². The standard InChI is InChI=1S/C10H15NO5/c1-10(2)15-7-5-4-14-9(13)11(5)3-6(12)8(7)16-10/h5-8,12H,3-4H2,1-2H3/t5-,6-,7-,8+/m1/s1. The summed E-state index contributed by atoms with van der Waals surface area (Å²) in [6, 6.07) is -0.136. The number of aliphatic hydroxyl groups excluding tert-OH is 1. The van der Waals surface area contributed by atoms with Crippen molar-refractivity contribution in [2.45, 2.75) is 44.0 Å². The van der Waals surface area contributed by atoms with Gasteiger partial charge in [0.2, 0.25) is 0 Å². The average Bonchev–Trinajstić information content (AvgIpc) is 2.68. The summed E-state index contributed by atoms with van der Waals surface area (Å²) < 4.78 is 16.3. The molecule has 0 spiro atoms. The van der Waals surface area contributed by atoms with Crippen molar-refractivity contribution in [3.63, 3.8) is 0 Å². The molecule has 3 rings (SSSR count). The molecule has 0 aromatic heterocycles. The molecule has 0 aliphatic carbocycles. The van der Waals surface area contributed by atoms with Crippen LogP contribution in [-0.4, -0.2) is 59.4 Å². The minimum Gasteiger partial charge on any atom is -0.447 e. The highest BCUT2D eigenvalue weighted by Crippen LogP contribution is 2.38. The third kappa shape index (κ3) is 1.33. The molecule has 6 heteroatoms. The second-order valence-electron chi connectivity index (χ2n) is 4.93. The van der Waals surface area contributed by atoms with Crippen LogP contribution in [0.5, 0.6) is 0 Å². The number of piperidine rings is 1. The second kappa shape index (κ2) is 3.09. The van der Waals surface area contributed by atoms with E-state index in [-0.39, 0.29) is 30.9 Å². The summed E-state index contributed by atoms with van der Waals surface area (Å²) in [4.78, 5) is 12.9. The van der Waals surface area contributed by atoms with Crippen LogP contribution in [-0.2, 0) is 14.2 Å². The summed E-state index contributed by atoms with van der Waals surface area (Å²) in [5.74, 6) is -0.710. The molecular weight excluding hydrogens is 214 g/mol. The lowest BCUT2D eigenvalue weighted by Gasteiger charge is -2.37. The Balaban J connectivity index is 1.88. The maximum absolute atomic E-state index is 11.4. The van der Waals surface area contributed by atoms with Gasteiger partial charge in [-0.25, -0.2) is 4.79 Å². The van der Waals surface area contributed by atoms with Crippen LogP contribution in [0.3, 0.4) is 0 Å². The number of fused-ring (bicyclic) bond motifs is 3. The molecule has 3 aliphatic heterocycles. The van der Waals surface area contributed by atoms with Crippen molar-refractivity contribution in [1.82, 2.24) is 4.90 Å².